The highest BCUT2D eigenvalue weighted by atomic mass is 19.1. The summed E-state index contributed by atoms with van der Waals surface area (Å²) >= 11 is 0. The number of piperidine rings is 1. The van der Waals surface area contributed by atoms with Gasteiger partial charge in [-0.3, -0.25) is 0 Å². The maximum absolute atomic E-state index is 13.2. The molecular formula is C16H23FN2. The lowest BCUT2D eigenvalue weighted by Crippen LogP contribution is -2.46. The first-order valence-electron chi connectivity index (χ1n) is 7.48. The van der Waals surface area contributed by atoms with E-state index in [0.717, 1.165) is 11.6 Å². The van der Waals surface area contributed by atoms with E-state index < -0.39 is 0 Å². The molecule has 0 bridgehead atoms. The van der Waals surface area contributed by atoms with E-state index >= 15 is 0 Å². The van der Waals surface area contributed by atoms with E-state index in [1.54, 1.807) is 12.1 Å². The zero-order valence-corrected chi connectivity index (χ0v) is 11.6. The van der Waals surface area contributed by atoms with Crippen molar-refractivity contribution < 1.29 is 4.39 Å². The van der Waals surface area contributed by atoms with Gasteiger partial charge in [-0.15, -0.1) is 0 Å². The molecule has 104 valence electrons. The monoisotopic (exact) mass is 262 g/mol. The van der Waals surface area contributed by atoms with Crippen LogP contribution >= 0.6 is 0 Å². The number of benzene rings is 1. The fourth-order valence-corrected chi connectivity index (χ4v) is 3.60. The summed E-state index contributed by atoms with van der Waals surface area (Å²) in [5.74, 6) is -0.142. The molecule has 3 heteroatoms. The van der Waals surface area contributed by atoms with Crippen LogP contribution in [0.25, 0.3) is 0 Å². The zero-order chi connectivity index (χ0) is 13.2. The highest BCUT2D eigenvalue weighted by Crippen LogP contribution is 2.28. The Balaban J connectivity index is 1.59. The predicted octanol–water partition coefficient (Wildman–Crippen LogP) is 3.10. The van der Waals surface area contributed by atoms with E-state index in [-0.39, 0.29) is 11.9 Å². The van der Waals surface area contributed by atoms with Crippen LogP contribution in [0.15, 0.2) is 24.3 Å². The Bertz CT molecular complexity index is 435. The highest BCUT2D eigenvalue weighted by Gasteiger charge is 2.31. The maximum Gasteiger partial charge on any atom is 0.123 e. The van der Waals surface area contributed by atoms with Crippen molar-refractivity contribution in [3.63, 3.8) is 0 Å². The number of nitrogens with one attached hydrogen (secondary N) is 1. The number of nitrogens with zero attached hydrogens (tertiary/aromatic N) is 1. The first-order chi connectivity index (χ1) is 9.22. The molecule has 0 saturated carbocycles. The van der Waals surface area contributed by atoms with Gasteiger partial charge < -0.3 is 10.2 Å². The van der Waals surface area contributed by atoms with Crippen molar-refractivity contribution in [2.45, 2.75) is 50.7 Å². The largest absolute Gasteiger partial charge is 0.307 e. The fourth-order valence-electron chi connectivity index (χ4n) is 3.60. The van der Waals surface area contributed by atoms with Crippen LogP contribution in [0.2, 0.25) is 0 Å². The summed E-state index contributed by atoms with van der Waals surface area (Å²) in [5.41, 5.74) is 1.05. The third-order valence-electron chi connectivity index (χ3n) is 4.65. The van der Waals surface area contributed by atoms with Gasteiger partial charge in [0.1, 0.15) is 5.82 Å². The van der Waals surface area contributed by atoms with E-state index in [4.69, 9.17) is 0 Å². The van der Waals surface area contributed by atoms with Crippen LogP contribution in [-0.2, 0) is 0 Å². The number of fused-ring (bicyclic) bond motifs is 1. The summed E-state index contributed by atoms with van der Waals surface area (Å²) in [5, 5.41) is 3.68. The Labute approximate surface area is 115 Å². The van der Waals surface area contributed by atoms with Crippen LogP contribution in [0, 0.1) is 5.82 Å². The smallest absolute Gasteiger partial charge is 0.123 e. The minimum Gasteiger partial charge on any atom is -0.307 e. The topological polar surface area (TPSA) is 15.3 Å². The molecule has 2 nitrogen and oxygen atoms in total. The minimum atomic E-state index is -0.142. The summed E-state index contributed by atoms with van der Waals surface area (Å²) in [6, 6.07) is 8.54. The predicted molar refractivity (Wildman–Crippen MR) is 75.6 cm³/mol. The normalized spacial score (nSPS) is 29.2. The van der Waals surface area contributed by atoms with Crippen molar-refractivity contribution in [1.29, 1.82) is 0 Å². The Kier molecular flexibility index (Phi) is 3.85. The quantitative estimate of drug-likeness (QED) is 0.900. The van der Waals surface area contributed by atoms with Crippen molar-refractivity contribution in [1.82, 2.24) is 10.2 Å². The maximum atomic E-state index is 13.2. The van der Waals surface area contributed by atoms with Crippen LogP contribution < -0.4 is 5.32 Å². The molecule has 2 heterocycles. The Morgan fingerprint density at radius 3 is 3.05 bits per heavy atom. The molecule has 0 amide bonds. The highest BCUT2D eigenvalue weighted by molar-refractivity contribution is 5.19. The van der Waals surface area contributed by atoms with Crippen LogP contribution in [0.4, 0.5) is 4.39 Å². The van der Waals surface area contributed by atoms with Crippen molar-refractivity contribution in [3.8, 4) is 0 Å². The Hall–Kier alpha value is -0.930. The first-order valence-corrected chi connectivity index (χ1v) is 7.48. The third kappa shape index (κ3) is 2.98. The van der Waals surface area contributed by atoms with Crippen molar-refractivity contribution in [2.24, 2.45) is 0 Å². The van der Waals surface area contributed by atoms with E-state index in [2.05, 4.69) is 17.1 Å². The minimum absolute atomic E-state index is 0.142. The second kappa shape index (κ2) is 5.59. The molecule has 2 aliphatic heterocycles. The van der Waals surface area contributed by atoms with Gasteiger partial charge in [0.25, 0.3) is 0 Å². The molecule has 19 heavy (non-hydrogen) atoms. The molecule has 0 aromatic heterocycles. The molecule has 1 N–H and O–H groups in total. The number of hydrogen-bond acceptors (Lipinski definition) is 2. The van der Waals surface area contributed by atoms with Gasteiger partial charge in [0.05, 0.1) is 0 Å². The van der Waals surface area contributed by atoms with Crippen LogP contribution in [0.3, 0.4) is 0 Å². The molecule has 1 aromatic carbocycles. The van der Waals surface area contributed by atoms with Crippen LogP contribution in [0.5, 0.6) is 0 Å². The van der Waals surface area contributed by atoms with Crippen molar-refractivity contribution in [2.75, 3.05) is 13.1 Å². The van der Waals surface area contributed by atoms with Crippen LogP contribution in [0.1, 0.15) is 44.2 Å². The standard InChI is InChI=1S/C16H23FN2/c1-12(13-4-2-5-14(17)10-13)18-15-7-9-19-8-3-6-16(19)11-15/h2,4-5,10,12,15-16,18H,3,6-9,11H2,1H3. The Morgan fingerprint density at radius 2 is 2.21 bits per heavy atom. The van der Waals surface area contributed by atoms with E-state index in [1.807, 2.05) is 6.07 Å². The molecule has 3 atom stereocenters. The summed E-state index contributed by atoms with van der Waals surface area (Å²) in [6.45, 7) is 4.64. The number of hydrogen-bond donors (Lipinski definition) is 1. The molecule has 0 aliphatic carbocycles. The van der Waals surface area contributed by atoms with Gasteiger partial charge in [-0.25, -0.2) is 4.39 Å². The molecule has 3 rings (SSSR count). The molecule has 0 radical (unpaired) electrons. The van der Waals surface area contributed by atoms with Crippen LogP contribution in [-0.4, -0.2) is 30.1 Å². The molecule has 2 fully saturated rings. The van der Waals surface area contributed by atoms with Gasteiger partial charge in [0, 0.05) is 18.1 Å². The summed E-state index contributed by atoms with van der Waals surface area (Å²) < 4.78 is 13.2. The summed E-state index contributed by atoms with van der Waals surface area (Å²) in [7, 11) is 0. The molecular weight excluding hydrogens is 239 g/mol. The van der Waals surface area contributed by atoms with Gasteiger partial charge in [-0.05, 0) is 63.4 Å². The van der Waals surface area contributed by atoms with Gasteiger partial charge in [-0.1, -0.05) is 12.1 Å². The molecule has 1 aromatic rings. The SMILES string of the molecule is CC(NC1CCN2CCCC2C1)c1cccc(F)c1. The van der Waals surface area contributed by atoms with Gasteiger partial charge in [0.15, 0.2) is 0 Å². The number of halogens is 1. The van der Waals surface area contributed by atoms with Gasteiger partial charge in [-0.2, -0.15) is 0 Å². The summed E-state index contributed by atoms with van der Waals surface area (Å²) in [4.78, 5) is 2.63. The summed E-state index contributed by atoms with van der Waals surface area (Å²) in [6.07, 6.45) is 5.18. The lowest BCUT2D eigenvalue weighted by atomic mass is 9.96. The lowest BCUT2D eigenvalue weighted by molar-refractivity contribution is 0.162. The Morgan fingerprint density at radius 1 is 1.32 bits per heavy atom. The zero-order valence-electron chi connectivity index (χ0n) is 11.6. The first kappa shape index (κ1) is 13.1. The average molecular weight is 262 g/mol. The van der Waals surface area contributed by atoms with E-state index in [1.165, 1.54) is 44.8 Å². The fraction of sp³-hybridized carbons (Fsp3) is 0.625. The van der Waals surface area contributed by atoms with E-state index in [0.29, 0.717) is 6.04 Å². The van der Waals surface area contributed by atoms with Crippen molar-refractivity contribution in [3.05, 3.63) is 35.6 Å². The van der Waals surface area contributed by atoms with Crippen molar-refractivity contribution >= 4 is 0 Å². The molecule has 3 unspecified atom stereocenters. The van der Waals surface area contributed by atoms with Gasteiger partial charge >= 0.3 is 0 Å². The van der Waals surface area contributed by atoms with Gasteiger partial charge in [0.2, 0.25) is 0 Å². The molecule has 2 saturated heterocycles. The van der Waals surface area contributed by atoms with E-state index in [9.17, 15) is 4.39 Å². The molecule has 2 aliphatic rings. The lowest BCUT2D eigenvalue weighted by Gasteiger charge is -2.36. The third-order valence-corrected chi connectivity index (χ3v) is 4.65. The second-order valence-electron chi connectivity index (χ2n) is 6.00. The average Bonchev–Trinajstić information content (AvgIpc) is 2.86. The molecule has 0 spiro atoms. The second-order valence-corrected chi connectivity index (χ2v) is 6.00. The number of rotatable bonds is 3.